The van der Waals surface area contributed by atoms with Gasteiger partial charge in [0.05, 0.1) is 3.79 Å². The average molecular weight is 419 g/mol. The number of hydrogen-bond donors (Lipinski definition) is 1. The molecule has 0 spiro atoms. The highest BCUT2D eigenvalue weighted by Crippen LogP contribution is 2.32. The molecule has 1 aliphatic heterocycles. The maximum Gasteiger partial charge on any atom is 0.161 e. The molecule has 3 nitrogen and oxygen atoms in total. The van der Waals surface area contributed by atoms with Gasteiger partial charge in [0, 0.05) is 22.4 Å². The van der Waals surface area contributed by atoms with Crippen LogP contribution in [0.5, 0.6) is 11.5 Å². The first-order valence-electron chi connectivity index (χ1n) is 6.25. The Morgan fingerprint density at radius 3 is 2.80 bits per heavy atom. The summed E-state index contributed by atoms with van der Waals surface area (Å²) >= 11 is 8.72. The van der Waals surface area contributed by atoms with Crippen molar-refractivity contribution in [2.75, 3.05) is 13.2 Å². The van der Waals surface area contributed by atoms with Crippen molar-refractivity contribution in [3.05, 3.63) is 43.5 Å². The van der Waals surface area contributed by atoms with E-state index >= 15 is 0 Å². The lowest BCUT2D eigenvalue weighted by atomic mass is 10.2. The number of nitrogens with one attached hydrogen (secondary N) is 1. The zero-order valence-electron chi connectivity index (χ0n) is 10.6. The third-order valence-electron chi connectivity index (χ3n) is 2.93. The summed E-state index contributed by atoms with van der Waals surface area (Å²) in [5.41, 5.74) is 0. The SMILES string of the molecule is Brc1cc(CNCC2COc3ccccc3O2)sc1Br. The third kappa shape index (κ3) is 3.36. The van der Waals surface area contributed by atoms with Gasteiger partial charge >= 0.3 is 0 Å². The van der Waals surface area contributed by atoms with Crippen LogP contribution in [0.2, 0.25) is 0 Å². The van der Waals surface area contributed by atoms with Crippen molar-refractivity contribution >= 4 is 43.2 Å². The monoisotopic (exact) mass is 417 g/mol. The summed E-state index contributed by atoms with van der Waals surface area (Å²) in [6.45, 7) is 2.18. The van der Waals surface area contributed by atoms with E-state index in [9.17, 15) is 0 Å². The van der Waals surface area contributed by atoms with E-state index in [1.165, 1.54) is 4.88 Å². The highest BCUT2D eigenvalue weighted by molar-refractivity contribution is 9.13. The first-order chi connectivity index (χ1) is 9.72. The first-order valence-corrected chi connectivity index (χ1v) is 8.65. The number of benzene rings is 1. The van der Waals surface area contributed by atoms with Crippen LogP contribution in [-0.4, -0.2) is 19.3 Å². The largest absolute Gasteiger partial charge is 0.486 e. The van der Waals surface area contributed by atoms with E-state index in [0.717, 1.165) is 32.8 Å². The van der Waals surface area contributed by atoms with E-state index < -0.39 is 0 Å². The number of hydrogen-bond acceptors (Lipinski definition) is 4. The van der Waals surface area contributed by atoms with Gasteiger partial charge in [-0.3, -0.25) is 0 Å². The average Bonchev–Trinajstić information content (AvgIpc) is 2.77. The van der Waals surface area contributed by atoms with Crippen molar-refractivity contribution < 1.29 is 9.47 Å². The summed E-state index contributed by atoms with van der Waals surface area (Å²) in [6.07, 6.45) is 0.0525. The molecule has 1 N–H and O–H groups in total. The molecule has 0 amide bonds. The van der Waals surface area contributed by atoms with Crippen LogP contribution < -0.4 is 14.8 Å². The molecule has 2 aromatic rings. The zero-order valence-corrected chi connectivity index (χ0v) is 14.6. The molecule has 1 aromatic carbocycles. The van der Waals surface area contributed by atoms with E-state index in [0.29, 0.717) is 6.61 Å². The normalized spacial score (nSPS) is 17.2. The number of rotatable bonds is 4. The second-order valence-electron chi connectivity index (χ2n) is 4.46. The molecule has 2 heterocycles. The molecule has 0 fully saturated rings. The minimum absolute atomic E-state index is 0.0525. The van der Waals surface area contributed by atoms with E-state index in [-0.39, 0.29) is 6.10 Å². The Labute approximate surface area is 138 Å². The minimum Gasteiger partial charge on any atom is -0.486 e. The molecule has 1 aliphatic rings. The lowest BCUT2D eigenvalue weighted by molar-refractivity contribution is 0.0903. The van der Waals surface area contributed by atoms with Gasteiger partial charge < -0.3 is 14.8 Å². The van der Waals surface area contributed by atoms with Crippen LogP contribution in [0, 0.1) is 0 Å². The second-order valence-corrected chi connectivity index (χ2v) is 7.77. The van der Waals surface area contributed by atoms with Crippen LogP contribution in [0.1, 0.15) is 4.88 Å². The second kappa shape index (κ2) is 6.47. The van der Waals surface area contributed by atoms with Gasteiger partial charge in [0.15, 0.2) is 11.5 Å². The van der Waals surface area contributed by atoms with Crippen LogP contribution in [0.25, 0.3) is 0 Å². The topological polar surface area (TPSA) is 30.5 Å². The van der Waals surface area contributed by atoms with Crippen LogP contribution in [0.15, 0.2) is 38.6 Å². The highest BCUT2D eigenvalue weighted by Gasteiger charge is 2.20. The fourth-order valence-electron chi connectivity index (χ4n) is 2.00. The number of ether oxygens (including phenoxy) is 2. The first kappa shape index (κ1) is 14.4. The summed E-state index contributed by atoms with van der Waals surface area (Å²) < 4.78 is 13.8. The van der Waals surface area contributed by atoms with Gasteiger partial charge in [-0.1, -0.05) is 12.1 Å². The molecule has 0 saturated carbocycles. The van der Waals surface area contributed by atoms with Gasteiger partial charge in [-0.05, 0) is 50.1 Å². The highest BCUT2D eigenvalue weighted by atomic mass is 79.9. The summed E-state index contributed by atoms with van der Waals surface area (Å²) in [5.74, 6) is 1.65. The van der Waals surface area contributed by atoms with Gasteiger partial charge in [-0.25, -0.2) is 0 Å². The molecule has 0 bridgehead atoms. The maximum atomic E-state index is 5.90. The van der Waals surface area contributed by atoms with Crippen LogP contribution >= 0.6 is 43.2 Å². The predicted molar refractivity (Wildman–Crippen MR) is 87.8 cm³/mol. The number of halogens is 2. The Balaban J connectivity index is 1.50. The van der Waals surface area contributed by atoms with Crippen LogP contribution in [-0.2, 0) is 6.54 Å². The van der Waals surface area contributed by atoms with Crippen molar-refractivity contribution in [1.82, 2.24) is 5.32 Å². The fraction of sp³-hybridized carbons (Fsp3) is 0.286. The van der Waals surface area contributed by atoms with E-state index in [2.05, 4.69) is 43.2 Å². The van der Waals surface area contributed by atoms with Gasteiger partial charge in [-0.15, -0.1) is 11.3 Å². The smallest absolute Gasteiger partial charge is 0.161 e. The van der Waals surface area contributed by atoms with Crippen molar-refractivity contribution in [3.63, 3.8) is 0 Å². The van der Waals surface area contributed by atoms with Crippen molar-refractivity contribution in [1.29, 1.82) is 0 Å². The summed E-state index contributed by atoms with van der Waals surface area (Å²) in [4.78, 5) is 1.28. The zero-order chi connectivity index (χ0) is 13.9. The van der Waals surface area contributed by atoms with Gasteiger partial charge in [0.25, 0.3) is 0 Å². The van der Waals surface area contributed by atoms with E-state index in [1.807, 2.05) is 24.3 Å². The lowest BCUT2D eigenvalue weighted by Crippen LogP contribution is -2.38. The molecule has 1 atom stereocenters. The van der Waals surface area contributed by atoms with Gasteiger partial charge in [0.1, 0.15) is 12.7 Å². The maximum absolute atomic E-state index is 5.90. The molecule has 106 valence electrons. The molecule has 1 aromatic heterocycles. The Hall–Kier alpha value is -0.560. The standard InChI is InChI=1S/C14H13Br2NO2S/c15-11-5-10(20-14(11)16)7-17-6-9-8-18-12-3-1-2-4-13(12)19-9/h1-5,9,17H,6-8H2. The molecule has 20 heavy (non-hydrogen) atoms. The van der Waals surface area contributed by atoms with Crippen molar-refractivity contribution in [2.24, 2.45) is 0 Å². The quantitative estimate of drug-likeness (QED) is 0.806. The van der Waals surface area contributed by atoms with Gasteiger partial charge in [-0.2, -0.15) is 0 Å². The molecule has 0 radical (unpaired) electrons. The molecule has 0 saturated heterocycles. The van der Waals surface area contributed by atoms with Crippen molar-refractivity contribution in [2.45, 2.75) is 12.6 Å². The Kier molecular flexibility index (Phi) is 4.65. The summed E-state index contributed by atoms with van der Waals surface area (Å²) in [6, 6.07) is 9.90. The molecule has 0 aliphatic carbocycles. The Morgan fingerprint density at radius 2 is 2.05 bits per heavy atom. The minimum atomic E-state index is 0.0525. The molecule has 1 unspecified atom stereocenters. The van der Waals surface area contributed by atoms with Gasteiger partial charge in [0.2, 0.25) is 0 Å². The number of para-hydroxylation sites is 2. The Morgan fingerprint density at radius 1 is 1.25 bits per heavy atom. The predicted octanol–water partition coefficient (Wildman–Crippen LogP) is 4.20. The molecule has 3 rings (SSSR count). The molecule has 6 heteroatoms. The van der Waals surface area contributed by atoms with Crippen molar-refractivity contribution in [3.8, 4) is 11.5 Å². The van der Waals surface area contributed by atoms with Crippen LogP contribution in [0.3, 0.4) is 0 Å². The lowest BCUT2D eigenvalue weighted by Gasteiger charge is -2.26. The Bertz CT molecular complexity index is 583. The number of fused-ring (bicyclic) bond motifs is 1. The third-order valence-corrected chi connectivity index (χ3v) is 6.19. The molecular weight excluding hydrogens is 406 g/mol. The summed E-state index contributed by atoms with van der Waals surface area (Å²) in [7, 11) is 0. The van der Waals surface area contributed by atoms with E-state index in [4.69, 9.17) is 9.47 Å². The fourth-order valence-corrected chi connectivity index (χ4v) is 4.15. The van der Waals surface area contributed by atoms with Crippen LogP contribution in [0.4, 0.5) is 0 Å². The van der Waals surface area contributed by atoms with E-state index in [1.54, 1.807) is 11.3 Å². The summed E-state index contributed by atoms with van der Waals surface area (Å²) in [5, 5.41) is 3.41. The number of thiophene rings is 1. The molecular formula is C14H13Br2NO2S.